The highest BCUT2D eigenvalue weighted by atomic mass is 16.5. The number of aromatic nitrogens is 3. The Hall–Kier alpha value is -3.68. The van der Waals surface area contributed by atoms with Gasteiger partial charge in [-0.3, -0.25) is 14.9 Å². The van der Waals surface area contributed by atoms with E-state index in [2.05, 4.69) is 20.7 Å². The lowest BCUT2D eigenvalue weighted by atomic mass is 10.0. The Balaban J connectivity index is 1.44. The molecule has 2 amide bonds. The average Bonchev–Trinajstić information content (AvgIpc) is 3.20. The molecule has 0 saturated carbocycles. The van der Waals surface area contributed by atoms with Gasteiger partial charge in [0.2, 0.25) is 11.9 Å². The second kappa shape index (κ2) is 8.14. The van der Waals surface area contributed by atoms with Crippen molar-refractivity contribution in [2.24, 2.45) is 0 Å². The molecular formula is C21H21N5O3. The molecule has 0 aliphatic carbocycles. The summed E-state index contributed by atoms with van der Waals surface area (Å²) in [4.78, 5) is 28.3. The molecule has 3 aromatic rings. The molecule has 148 valence electrons. The highest BCUT2D eigenvalue weighted by molar-refractivity contribution is 5.92. The van der Waals surface area contributed by atoms with Crippen molar-refractivity contribution in [2.45, 2.75) is 25.8 Å². The predicted molar refractivity (Wildman–Crippen MR) is 108 cm³/mol. The van der Waals surface area contributed by atoms with Crippen LogP contribution in [0.2, 0.25) is 0 Å². The minimum atomic E-state index is -0.268. The van der Waals surface area contributed by atoms with Gasteiger partial charge in [0.1, 0.15) is 12.1 Å². The predicted octanol–water partition coefficient (Wildman–Crippen LogP) is 2.79. The molecule has 2 N–H and O–H groups in total. The van der Waals surface area contributed by atoms with E-state index in [1.807, 2.05) is 49.4 Å². The fraction of sp³-hybridized carbons (Fsp3) is 0.238. The Kier molecular flexibility index (Phi) is 5.24. The van der Waals surface area contributed by atoms with E-state index in [1.54, 1.807) is 10.7 Å². The average molecular weight is 391 g/mol. The molecule has 0 fully saturated rings. The minimum absolute atomic E-state index is 0.110. The third kappa shape index (κ3) is 4.11. The quantitative estimate of drug-likeness (QED) is 0.673. The largest absolute Gasteiger partial charge is 0.484 e. The van der Waals surface area contributed by atoms with E-state index in [9.17, 15) is 9.59 Å². The summed E-state index contributed by atoms with van der Waals surface area (Å²) in [5, 5.41) is 9.78. The van der Waals surface area contributed by atoms with Crippen molar-refractivity contribution in [2.75, 3.05) is 17.2 Å². The fourth-order valence-electron chi connectivity index (χ4n) is 3.36. The molecule has 0 radical (unpaired) electrons. The normalized spacial score (nSPS) is 15.3. The number of amides is 2. The van der Waals surface area contributed by atoms with Gasteiger partial charge in [-0.15, -0.1) is 0 Å². The highest BCUT2D eigenvalue weighted by Gasteiger charge is 2.27. The molecule has 8 nitrogen and oxygen atoms in total. The van der Waals surface area contributed by atoms with Crippen LogP contribution in [0.5, 0.6) is 5.75 Å². The molecule has 1 atom stereocenters. The molecular weight excluding hydrogens is 370 g/mol. The number of nitrogens with zero attached hydrogens (tertiary/aromatic N) is 3. The number of anilines is 2. The van der Waals surface area contributed by atoms with E-state index in [-0.39, 0.29) is 30.9 Å². The van der Waals surface area contributed by atoms with Crippen LogP contribution in [0.3, 0.4) is 0 Å². The number of rotatable bonds is 6. The summed E-state index contributed by atoms with van der Waals surface area (Å²) in [6, 6.07) is 14.8. The Bertz CT molecular complexity index is 1050. The second-order valence-electron chi connectivity index (χ2n) is 6.72. The van der Waals surface area contributed by atoms with Crippen LogP contribution in [0.25, 0.3) is 0 Å². The van der Waals surface area contributed by atoms with Gasteiger partial charge in [-0.05, 0) is 35.7 Å². The number of hydrogen-bond donors (Lipinski definition) is 2. The van der Waals surface area contributed by atoms with Gasteiger partial charge < -0.3 is 10.1 Å². The van der Waals surface area contributed by atoms with E-state index < -0.39 is 0 Å². The topological polar surface area (TPSA) is 98.1 Å². The molecule has 29 heavy (non-hydrogen) atoms. The van der Waals surface area contributed by atoms with Crippen molar-refractivity contribution in [3.05, 3.63) is 66.0 Å². The lowest BCUT2D eigenvalue weighted by molar-refractivity contribution is -0.118. The Labute approximate surface area is 167 Å². The maximum atomic E-state index is 12.3. The first-order chi connectivity index (χ1) is 14.1. The van der Waals surface area contributed by atoms with Crippen LogP contribution >= 0.6 is 0 Å². The fourth-order valence-corrected chi connectivity index (χ4v) is 3.36. The molecule has 2 aromatic carbocycles. The lowest BCUT2D eigenvalue weighted by Gasteiger charge is -2.24. The summed E-state index contributed by atoms with van der Waals surface area (Å²) in [5.41, 5.74) is 2.73. The van der Waals surface area contributed by atoms with Gasteiger partial charge in [0, 0.05) is 5.69 Å². The van der Waals surface area contributed by atoms with E-state index in [0.717, 1.165) is 23.2 Å². The monoisotopic (exact) mass is 391 g/mol. The van der Waals surface area contributed by atoms with Crippen LogP contribution in [0, 0.1) is 0 Å². The molecule has 1 aliphatic rings. The maximum absolute atomic E-state index is 12.3. The molecule has 1 unspecified atom stereocenters. The van der Waals surface area contributed by atoms with Gasteiger partial charge in [-0.1, -0.05) is 37.3 Å². The highest BCUT2D eigenvalue weighted by Crippen LogP contribution is 2.30. The van der Waals surface area contributed by atoms with Crippen LogP contribution in [0.1, 0.15) is 30.5 Å². The number of aryl methyl sites for hydroxylation is 1. The first kappa shape index (κ1) is 18.7. The van der Waals surface area contributed by atoms with Crippen LogP contribution in [0.15, 0.2) is 54.9 Å². The number of carbonyl (C=O) groups excluding carboxylic acids is 2. The Morgan fingerprint density at radius 3 is 3.00 bits per heavy atom. The van der Waals surface area contributed by atoms with Crippen molar-refractivity contribution in [1.82, 2.24) is 14.8 Å². The standard InChI is InChI=1S/C21H21N5O3/c1-2-14-6-3-4-9-17(14)24-20(28)12-29-16-8-5-7-15(10-16)18-11-19(27)25-21-22-13-23-26(18)21/h3-10,13,18H,2,11-12H2,1H3,(H,24,28)(H,22,23,25,27). The van der Waals surface area contributed by atoms with Gasteiger partial charge >= 0.3 is 0 Å². The second-order valence-corrected chi connectivity index (χ2v) is 6.72. The van der Waals surface area contributed by atoms with Gasteiger partial charge in [0.25, 0.3) is 5.91 Å². The lowest BCUT2D eigenvalue weighted by Crippen LogP contribution is -2.29. The summed E-state index contributed by atoms with van der Waals surface area (Å²) < 4.78 is 7.36. The molecule has 1 aliphatic heterocycles. The number of benzene rings is 2. The van der Waals surface area contributed by atoms with Crippen molar-refractivity contribution >= 4 is 23.5 Å². The number of carbonyl (C=O) groups is 2. The van der Waals surface area contributed by atoms with Gasteiger partial charge in [-0.2, -0.15) is 10.1 Å². The van der Waals surface area contributed by atoms with Crippen LogP contribution in [0.4, 0.5) is 11.6 Å². The summed E-state index contributed by atoms with van der Waals surface area (Å²) in [6.45, 7) is 1.93. The number of ether oxygens (including phenoxy) is 1. The number of para-hydroxylation sites is 1. The summed E-state index contributed by atoms with van der Waals surface area (Å²) in [5.74, 6) is 0.628. The van der Waals surface area contributed by atoms with E-state index >= 15 is 0 Å². The van der Waals surface area contributed by atoms with Crippen molar-refractivity contribution in [3.63, 3.8) is 0 Å². The smallest absolute Gasteiger partial charge is 0.262 e. The van der Waals surface area contributed by atoms with Gasteiger partial charge in [0.15, 0.2) is 6.61 Å². The minimum Gasteiger partial charge on any atom is -0.484 e. The Morgan fingerprint density at radius 2 is 2.14 bits per heavy atom. The molecule has 2 heterocycles. The van der Waals surface area contributed by atoms with E-state index in [0.29, 0.717) is 11.7 Å². The zero-order valence-corrected chi connectivity index (χ0v) is 16.0. The Morgan fingerprint density at radius 1 is 1.28 bits per heavy atom. The van der Waals surface area contributed by atoms with Crippen molar-refractivity contribution in [1.29, 1.82) is 0 Å². The molecule has 8 heteroatoms. The number of fused-ring (bicyclic) bond motifs is 1. The van der Waals surface area contributed by atoms with Gasteiger partial charge in [0.05, 0.1) is 12.5 Å². The third-order valence-electron chi connectivity index (χ3n) is 4.78. The molecule has 4 rings (SSSR count). The number of nitrogens with one attached hydrogen (secondary N) is 2. The first-order valence-corrected chi connectivity index (χ1v) is 9.44. The van der Waals surface area contributed by atoms with Crippen LogP contribution in [-0.2, 0) is 16.0 Å². The third-order valence-corrected chi connectivity index (χ3v) is 4.78. The zero-order valence-electron chi connectivity index (χ0n) is 16.0. The molecule has 0 saturated heterocycles. The van der Waals surface area contributed by atoms with E-state index in [1.165, 1.54) is 6.33 Å². The summed E-state index contributed by atoms with van der Waals surface area (Å²) >= 11 is 0. The molecule has 1 aromatic heterocycles. The summed E-state index contributed by atoms with van der Waals surface area (Å²) in [7, 11) is 0. The van der Waals surface area contributed by atoms with Crippen LogP contribution in [-0.4, -0.2) is 33.2 Å². The maximum Gasteiger partial charge on any atom is 0.262 e. The molecule has 0 bridgehead atoms. The summed E-state index contributed by atoms with van der Waals surface area (Å²) in [6.07, 6.45) is 2.50. The number of hydrogen-bond acceptors (Lipinski definition) is 5. The molecule has 0 spiro atoms. The first-order valence-electron chi connectivity index (χ1n) is 9.44. The van der Waals surface area contributed by atoms with Crippen molar-refractivity contribution < 1.29 is 14.3 Å². The van der Waals surface area contributed by atoms with Crippen molar-refractivity contribution in [3.8, 4) is 5.75 Å². The SMILES string of the molecule is CCc1ccccc1NC(=O)COc1cccc(C2CC(=O)Nc3ncnn32)c1. The van der Waals surface area contributed by atoms with Crippen LogP contribution < -0.4 is 15.4 Å². The van der Waals surface area contributed by atoms with Gasteiger partial charge in [-0.25, -0.2) is 4.68 Å². The zero-order chi connectivity index (χ0) is 20.2. The van der Waals surface area contributed by atoms with E-state index in [4.69, 9.17) is 4.74 Å².